The lowest BCUT2D eigenvalue weighted by Gasteiger charge is -2.24. The number of benzene rings is 3. The van der Waals surface area contributed by atoms with Crippen molar-refractivity contribution in [1.29, 1.82) is 0 Å². The first-order valence-electron chi connectivity index (χ1n) is 14.9. The Morgan fingerprint density at radius 1 is 1.13 bits per heavy atom. The van der Waals surface area contributed by atoms with Crippen LogP contribution in [0.3, 0.4) is 0 Å². The molecule has 0 spiro atoms. The average molecular weight is 647 g/mol. The molecule has 5 N–H and O–H groups in total. The normalized spacial score (nSPS) is 15.5. The van der Waals surface area contributed by atoms with Crippen LogP contribution in [0.5, 0.6) is 5.75 Å². The van der Waals surface area contributed by atoms with E-state index in [0.29, 0.717) is 68.5 Å². The summed E-state index contributed by atoms with van der Waals surface area (Å²) in [6.45, 7) is 2.69. The van der Waals surface area contributed by atoms with Crippen molar-refractivity contribution in [3.63, 3.8) is 0 Å². The highest BCUT2D eigenvalue weighted by atomic mass is 35.5. The molecule has 2 aromatic heterocycles. The number of carbonyl (C=O) groups excluding carboxylic acids is 1. The minimum atomic E-state index is -0.915. The van der Waals surface area contributed by atoms with Gasteiger partial charge in [-0.25, -0.2) is 18.7 Å². The molecule has 46 heavy (non-hydrogen) atoms. The number of aromatic nitrogens is 4. The van der Waals surface area contributed by atoms with E-state index in [1.807, 2.05) is 10.6 Å². The number of nitrogens with zero attached hydrogens (tertiary/aromatic N) is 4. The molecule has 3 aromatic carbocycles. The minimum absolute atomic E-state index is 0.206. The van der Waals surface area contributed by atoms with Crippen LogP contribution in [0.1, 0.15) is 30.0 Å². The molecule has 1 aliphatic heterocycles. The first kappa shape index (κ1) is 31.3. The molecule has 0 saturated carbocycles. The molecule has 3 heterocycles. The van der Waals surface area contributed by atoms with Gasteiger partial charge in [-0.2, -0.15) is 4.98 Å². The molecule has 1 saturated heterocycles. The highest BCUT2D eigenvalue weighted by Gasteiger charge is 2.23. The van der Waals surface area contributed by atoms with Gasteiger partial charge >= 0.3 is 0 Å². The predicted molar refractivity (Wildman–Crippen MR) is 174 cm³/mol. The number of nitrogens with one attached hydrogen (secondary N) is 3. The van der Waals surface area contributed by atoms with E-state index in [0.717, 1.165) is 38.1 Å². The van der Waals surface area contributed by atoms with Crippen LogP contribution in [-0.2, 0) is 17.9 Å². The Hall–Kier alpha value is -4.65. The zero-order valence-corrected chi connectivity index (χ0v) is 25.8. The summed E-state index contributed by atoms with van der Waals surface area (Å²) in [5, 5.41) is 9.79. The summed E-state index contributed by atoms with van der Waals surface area (Å²) in [4.78, 5) is 27.0. The number of rotatable bonds is 10. The number of hydrogen-bond acceptors (Lipinski definition) is 8. The Morgan fingerprint density at radius 3 is 2.67 bits per heavy atom. The molecule has 238 valence electrons. The second kappa shape index (κ2) is 13.8. The molecule has 0 aliphatic carbocycles. The van der Waals surface area contributed by atoms with Gasteiger partial charge in [0.2, 0.25) is 11.9 Å². The zero-order chi connectivity index (χ0) is 32.2. The van der Waals surface area contributed by atoms with Crippen LogP contribution in [0.25, 0.3) is 22.6 Å². The molecule has 10 nitrogen and oxygen atoms in total. The lowest BCUT2D eigenvalue weighted by atomic mass is 9.99. The van der Waals surface area contributed by atoms with Crippen molar-refractivity contribution in [3.05, 3.63) is 94.6 Å². The molecule has 1 unspecified atom stereocenters. The van der Waals surface area contributed by atoms with Crippen LogP contribution in [0.15, 0.2) is 66.9 Å². The second-order valence-corrected chi connectivity index (χ2v) is 11.6. The molecule has 2 atom stereocenters. The van der Waals surface area contributed by atoms with Crippen molar-refractivity contribution >= 4 is 40.3 Å². The van der Waals surface area contributed by atoms with Crippen LogP contribution in [0.2, 0.25) is 5.02 Å². The summed E-state index contributed by atoms with van der Waals surface area (Å²) in [5.74, 6) is -0.248. The fourth-order valence-electron chi connectivity index (χ4n) is 5.51. The molecule has 1 amide bonds. The highest BCUT2D eigenvalue weighted by molar-refractivity contribution is 6.33. The number of methoxy groups -OCH3 is 1. The fraction of sp³-hybridized carbons (Fsp3) is 0.273. The Labute approximate surface area is 269 Å². The van der Waals surface area contributed by atoms with E-state index in [2.05, 4.69) is 20.9 Å². The number of fused-ring (bicyclic) bond motifs is 1. The minimum Gasteiger partial charge on any atom is -0.497 e. The SMILES string of the molecule is COc1ccc(C(N)C(=O)Nc2ccc(-c3nc4cnc(NCc5ccc(F)c(F)c5)nc4n3C[C@@H]3CCCNC3)c(Cl)c2)cc1. The number of hydrogen-bond donors (Lipinski definition) is 4. The van der Waals surface area contributed by atoms with E-state index < -0.39 is 17.7 Å². The van der Waals surface area contributed by atoms with Gasteiger partial charge in [-0.3, -0.25) is 4.79 Å². The van der Waals surface area contributed by atoms with Crippen molar-refractivity contribution in [2.24, 2.45) is 11.7 Å². The van der Waals surface area contributed by atoms with Gasteiger partial charge in [-0.1, -0.05) is 29.8 Å². The summed E-state index contributed by atoms with van der Waals surface area (Å²) < 4.78 is 34.3. The smallest absolute Gasteiger partial charge is 0.245 e. The van der Waals surface area contributed by atoms with E-state index >= 15 is 0 Å². The lowest BCUT2D eigenvalue weighted by molar-refractivity contribution is -0.117. The van der Waals surface area contributed by atoms with Gasteiger partial charge in [-0.15, -0.1) is 0 Å². The molecule has 1 aliphatic rings. The standard InChI is InChI=1S/C33H33ClF2N8O2/c1-46-23-8-5-21(6-9-23)29(37)32(45)41-22-7-10-24(25(34)14-22)30-42-28-17-40-33(39-16-19-4-11-26(35)27(36)13-19)43-31(28)44(30)18-20-3-2-12-38-15-20/h4-11,13-14,17,20,29,38H,2-3,12,15-16,18,37H2,1H3,(H,41,45)(H,39,40,43)/t20-,29?/m1/s1. The number of anilines is 2. The van der Waals surface area contributed by atoms with E-state index in [9.17, 15) is 13.6 Å². The van der Waals surface area contributed by atoms with Crippen LogP contribution in [0.4, 0.5) is 20.4 Å². The number of imidazole rings is 1. The van der Waals surface area contributed by atoms with E-state index in [1.165, 1.54) is 6.07 Å². The second-order valence-electron chi connectivity index (χ2n) is 11.2. The molecular formula is C33H33ClF2N8O2. The van der Waals surface area contributed by atoms with E-state index in [1.54, 1.807) is 49.7 Å². The van der Waals surface area contributed by atoms with Crippen molar-refractivity contribution in [3.8, 4) is 17.1 Å². The maximum atomic E-state index is 13.7. The summed E-state index contributed by atoms with van der Waals surface area (Å²) >= 11 is 6.82. The highest BCUT2D eigenvalue weighted by Crippen LogP contribution is 2.33. The topological polar surface area (TPSA) is 132 Å². The van der Waals surface area contributed by atoms with Crippen LogP contribution in [-0.4, -0.2) is 45.6 Å². The summed E-state index contributed by atoms with van der Waals surface area (Å²) in [7, 11) is 1.57. The first-order chi connectivity index (χ1) is 22.3. The van der Waals surface area contributed by atoms with E-state index in [-0.39, 0.29) is 12.5 Å². The molecule has 13 heteroatoms. The number of carbonyl (C=O) groups is 1. The van der Waals surface area contributed by atoms with Crippen LogP contribution in [0, 0.1) is 17.6 Å². The maximum absolute atomic E-state index is 13.7. The quantitative estimate of drug-likeness (QED) is 0.152. The molecule has 6 rings (SSSR count). The van der Waals surface area contributed by atoms with Crippen molar-refractivity contribution < 1.29 is 18.3 Å². The van der Waals surface area contributed by atoms with Gasteiger partial charge in [0.05, 0.1) is 18.3 Å². The molecular weight excluding hydrogens is 614 g/mol. The third-order valence-corrected chi connectivity index (χ3v) is 8.31. The molecule has 0 bridgehead atoms. The Kier molecular flexibility index (Phi) is 9.38. The monoisotopic (exact) mass is 646 g/mol. The predicted octanol–water partition coefficient (Wildman–Crippen LogP) is 5.68. The van der Waals surface area contributed by atoms with Gasteiger partial charge in [-0.05, 0) is 85.4 Å². The first-order valence-corrected chi connectivity index (χ1v) is 15.3. The Bertz CT molecular complexity index is 1860. The number of piperidine rings is 1. The lowest BCUT2D eigenvalue weighted by Crippen LogP contribution is -2.32. The largest absolute Gasteiger partial charge is 0.497 e. The Morgan fingerprint density at radius 2 is 1.96 bits per heavy atom. The number of nitrogens with two attached hydrogens (primary N) is 1. The summed E-state index contributed by atoms with van der Waals surface area (Å²) in [6.07, 6.45) is 3.74. The van der Waals surface area contributed by atoms with Crippen molar-refractivity contribution in [2.75, 3.05) is 30.8 Å². The molecule has 0 radical (unpaired) electrons. The maximum Gasteiger partial charge on any atom is 0.245 e. The van der Waals surface area contributed by atoms with Gasteiger partial charge in [0, 0.05) is 24.3 Å². The zero-order valence-electron chi connectivity index (χ0n) is 25.1. The van der Waals surface area contributed by atoms with Gasteiger partial charge in [0.1, 0.15) is 23.1 Å². The van der Waals surface area contributed by atoms with Gasteiger partial charge in [0.25, 0.3) is 0 Å². The average Bonchev–Trinajstić information content (AvgIpc) is 3.42. The third-order valence-electron chi connectivity index (χ3n) is 8.00. The summed E-state index contributed by atoms with van der Waals surface area (Å²) in [6, 6.07) is 15.1. The number of amides is 1. The van der Waals surface area contributed by atoms with Crippen molar-refractivity contribution in [1.82, 2.24) is 24.8 Å². The number of halogens is 3. The van der Waals surface area contributed by atoms with Gasteiger partial charge in [0.15, 0.2) is 17.3 Å². The van der Waals surface area contributed by atoms with Crippen LogP contribution >= 0.6 is 11.6 Å². The molecule has 5 aromatic rings. The number of ether oxygens (including phenoxy) is 1. The van der Waals surface area contributed by atoms with Gasteiger partial charge < -0.3 is 31.0 Å². The van der Waals surface area contributed by atoms with Crippen molar-refractivity contribution in [2.45, 2.75) is 32.0 Å². The Balaban J connectivity index is 1.26. The third kappa shape index (κ3) is 6.94. The summed E-state index contributed by atoms with van der Waals surface area (Å²) in [5.41, 5.74) is 9.76. The van der Waals surface area contributed by atoms with E-state index in [4.69, 9.17) is 32.0 Å². The van der Waals surface area contributed by atoms with Crippen LogP contribution < -0.4 is 26.4 Å². The molecule has 1 fully saturated rings. The fourth-order valence-corrected chi connectivity index (χ4v) is 5.77.